The molecule has 0 aliphatic carbocycles. The van der Waals surface area contributed by atoms with E-state index in [0.29, 0.717) is 6.42 Å². The molecular weight excluding hydrogens is 545 g/mol. The molecule has 2 rings (SSSR count). The number of H-pyrrole nitrogens is 1. The highest BCUT2D eigenvalue weighted by molar-refractivity contribution is 9.10. The summed E-state index contributed by atoms with van der Waals surface area (Å²) in [7, 11) is 0. The lowest BCUT2D eigenvalue weighted by molar-refractivity contribution is -0.155. The molecule has 0 aromatic carbocycles. The van der Waals surface area contributed by atoms with Crippen LogP contribution in [0.4, 0.5) is 4.39 Å². The minimum atomic E-state index is -1.77. The van der Waals surface area contributed by atoms with Crippen molar-refractivity contribution < 1.29 is 19.4 Å². The smallest absolute Gasteiger partial charge is 0.330 e. The van der Waals surface area contributed by atoms with Gasteiger partial charge in [0.15, 0.2) is 12.4 Å². The fourth-order valence-corrected chi connectivity index (χ4v) is 5.38. The number of aromatic nitrogens is 2. The molecule has 8 nitrogen and oxygen atoms in total. The zero-order valence-corrected chi connectivity index (χ0v) is 24.0. The van der Waals surface area contributed by atoms with Crippen LogP contribution in [-0.2, 0) is 4.74 Å². The molecule has 0 spiro atoms. The number of alkyl halides is 1. The second kappa shape index (κ2) is 18.3. The first-order valence-corrected chi connectivity index (χ1v) is 15.1. The summed E-state index contributed by atoms with van der Waals surface area (Å²) in [5, 5.41) is 21.1. The van der Waals surface area contributed by atoms with E-state index in [-0.39, 0.29) is 11.0 Å². The fraction of sp³-hybridized carbons (Fsp3) is 0.852. The predicted octanol–water partition coefficient (Wildman–Crippen LogP) is 5.85. The summed E-state index contributed by atoms with van der Waals surface area (Å²) in [5.41, 5.74) is -1.45. The van der Waals surface area contributed by atoms with E-state index in [1.165, 1.54) is 77.0 Å². The van der Waals surface area contributed by atoms with Gasteiger partial charge < -0.3 is 15.1 Å². The molecule has 0 unspecified atom stereocenters. The molecule has 1 aliphatic rings. The Hall–Kier alpha value is -1.07. The number of halogens is 2. The van der Waals surface area contributed by atoms with Crippen molar-refractivity contribution in [1.82, 2.24) is 14.6 Å². The van der Waals surface area contributed by atoms with Crippen molar-refractivity contribution in [2.75, 3.05) is 13.2 Å². The average molecular weight is 593 g/mol. The third kappa shape index (κ3) is 10.9. The minimum Gasteiger partial charge on any atom is -0.394 e. The number of ether oxygens (including phenoxy) is 1. The van der Waals surface area contributed by atoms with E-state index < -0.39 is 42.4 Å². The quantitative estimate of drug-likeness (QED) is 0.130. The second-order valence-corrected chi connectivity index (χ2v) is 11.1. The van der Waals surface area contributed by atoms with Gasteiger partial charge in [-0.1, -0.05) is 103 Å². The summed E-state index contributed by atoms with van der Waals surface area (Å²) < 4.78 is 21.8. The summed E-state index contributed by atoms with van der Waals surface area (Å²) in [6, 6.07) is -1.11. The molecule has 214 valence electrons. The van der Waals surface area contributed by atoms with Crippen LogP contribution in [0, 0.1) is 0 Å². The van der Waals surface area contributed by atoms with Gasteiger partial charge in [-0.2, -0.15) is 5.06 Å². The number of hydrogen-bond acceptors (Lipinski definition) is 6. The van der Waals surface area contributed by atoms with Gasteiger partial charge in [0.25, 0.3) is 5.56 Å². The van der Waals surface area contributed by atoms with Gasteiger partial charge in [0.05, 0.1) is 17.1 Å². The molecule has 1 aliphatic heterocycles. The Labute approximate surface area is 228 Å². The lowest BCUT2D eigenvalue weighted by Gasteiger charge is -2.26. The summed E-state index contributed by atoms with van der Waals surface area (Å²) in [4.78, 5) is 25.8. The van der Waals surface area contributed by atoms with Gasteiger partial charge in [-0.25, -0.2) is 9.18 Å². The van der Waals surface area contributed by atoms with E-state index >= 15 is 4.39 Å². The first kappa shape index (κ1) is 32.1. The first-order chi connectivity index (χ1) is 17.9. The van der Waals surface area contributed by atoms with E-state index in [0.717, 1.165) is 35.1 Å². The molecule has 1 fully saturated rings. The molecule has 1 aromatic rings. The highest BCUT2D eigenvalue weighted by Gasteiger charge is 2.49. The lowest BCUT2D eigenvalue weighted by atomic mass is 10.0. The van der Waals surface area contributed by atoms with Crippen LogP contribution in [0.1, 0.15) is 116 Å². The Kier molecular flexibility index (Phi) is 15.9. The summed E-state index contributed by atoms with van der Waals surface area (Å²) in [5.74, 6) is 0. The number of aliphatic hydroxyl groups is 1. The van der Waals surface area contributed by atoms with Crippen LogP contribution in [0.2, 0.25) is 0 Å². The maximum atomic E-state index is 15.2. The van der Waals surface area contributed by atoms with E-state index in [9.17, 15) is 19.9 Å². The zero-order valence-electron chi connectivity index (χ0n) is 22.4. The molecule has 10 heteroatoms. The number of nitrogens with zero attached hydrogens (tertiary/aromatic N) is 2. The lowest BCUT2D eigenvalue weighted by Crippen LogP contribution is -2.46. The van der Waals surface area contributed by atoms with Crippen LogP contribution < -0.4 is 11.2 Å². The van der Waals surface area contributed by atoms with E-state index in [4.69, 9.17) is 4.74 Å². The van der Waals surface area contributed by atoms with Crippen LogP contribution in [-0.4, -0.2) is 56.4 Å². The maximum Gasteiger partial charge on any atom is 0.330 e. The summed E-state index contributed by atoms with van der Waals surface area (Å²) in [6.45, 7) is 2.00. The van der Waals surface area contributed by atoms with Crippen LogP contribution >= 0.6 is 15.9 Å². The molecule has 1 aromatic heterocycles. The van der Waals surface area contributed by atoms with E-state index in [1.807, 2.05) is 0 Å². The second-order valence-electron chi connectivity index (χ2n) is 10.3. The van der Waals surface area contributed by atoms with Crippen molar-refractivity contribution in [2.24, 2.45) is 0 Å². The minimum absolute atomic E-state index is 0.0564. The Morgan fingerprint density at radius 2 is 1.43 bits per heavy atom. The first-order valence-electron chi connectivity index (χ1n) is 14.3. The normalized spacial score (nSPS) is 21.8. The zero-order chi connectivity index (χ0) is 27.0. The largest absolute Gasteiger partial charge is 0.394 e. The summed E-state index contributed by atoms with van der Waals surface area (Å²) >= 11 is 3.02. The Bertz CT molecular complexity index is 867. The molecule has 0 bridgehead atoms. The standard InChI is InChI=1S/C27H47BrFN3O5/c1-2-3-4-5-6-7-8-9-10-11-12-13-14-15-16-17-18-32(36)24-22(20-33)37-26(23(24)29)31-19-21(28)25(34)30-27(31)35/h19,22-24,26,33,36H,2-18,20H2,1H3,(H,30,34,35)/t22-,23+,24-,26+/m1/s1. The van der Waals surface area contributed by atoms with Crippen molar-refractivity contribution >= 4 is 15.9 Å². The molecule has 0 radical (unpaired) electrons. The van der Waals surface area contributed by atoms with Crippen LogP contribution in [0.3, 0.4) is 0 Å². The van der Waals surface area contributed by atoms with Gasteiger partial charge in [0, 0.05) is 12.7 Å². The van der Waals surface area contributed by atoms with Crippen LogP contribution in [0.5, 0.6) is 0 Å². The topological polar surface area (TPSA) is 108 Å². The van der Waals surface area contributed by atoms with Gasteiger partial charge in [0.1, 0.15) is 6.10 Å². The number of hydrogen-bond donors (Lipinski definition) is 3. The van der Waals surface area contributed by atoms with Crippen LogP contribution in [0.25, 0.3) is 0 Å². The van der Waals surface area contributed by atoms with Crippen molar-refractivity contribution in [1.29, 1.82) is 0 Å². The van der Waals surface area contributed by atoms with Gasteiger partial charge >= 0.3 is 5.69 Å². The van der Waals surface area contributed by atoms with Crippen molar-refractivity contribution in [2.45, 2.75) is 134 Å². The fourth-order valence-electron chi connectivity index (χ4n) is 5.06. The SMILES string of the molecule is CCCCCCCCCCCCCCCCCCN(O)[C@H]1[C@H](F)[C@@H](n2cc(Br)c(=O)[nH]c2=O)O[C@@H]1CO. The number of unbranched alkanes of at least 4 members (excludes halogenated alkanes) is 15. The molecule has 1 saturated heterocycles. The van der Waals surface area contributed by atoms with E-state index in [2.05, 4.69) is 27.8 Å². The van der Waals surface area contributed by atoms with Gasteiger partial charge in [-0.05, 0) is 22.4 Å². The van der Waals surface area contributed by atoms with E-state index in [1.54, 1.807) is 0 Å². The van der Waals surface area contributed by atoms with Gasteiger partial charge in [-0.15, -0.1) is 0 Å². The number of nitrogens with one attached hydrogen (secondary N) is 1. The predicted molar refractivity (Wildman–Crippen MR) is 147 cm³/mol. The van der Waals surface area contributed by atoms with Gasteiger partial charge in [0.2, 0.25) is 0 Å². The average Bonchev–Trinajstić information content (AvgIpc) is 3.21. The maximum absolute atomic E-state index is 15.2. The van der Waals surface area contributed by atoms with Crippen molar-refractivity contribution in [3.05, 3.63) is 31.5 Å². The highest BCUT2D eigenvalue weighted by atomic mass is 79.9. The third-order valence-corrected chi connectivity index (χ3v) is 7.82. The Morgan fingerprint density at radius 1 is 0.946 bits per heavy atom. The molecule has 2 heterocycles. The molecule has 4 atom stereocenters. The van der Waals surface area contributed by atoms with Crippen molar-refractivity contribution in [3.63, 3.8) is 0 Å². The number of aromatic amines is 1. The Balaban J connectivity index is 1.58. The number of rotatable bonds is 20. The number of hydroxylamine groups is 2. The van der Waals surface area contributed by atoms with Gasteiger partial charge in [-0.3, -0.25) is 14.3 Å². The molecular formula is C27H47BrFN3O5. The molecule has 0 saturated carbocycles. The molecule has 0 amide bonds. The highest BCUT2D eigenvalue weighted by Crippen LogP contribution is 2.34. The molecule has 3 N–H and O–H groups in total. The third-order valence-electron chi connectivity index (χ3n) is 7.26. The Morgan fingerprint density at radius 3 is 1.92 bits per heavy atom. The molecule has 37 heavy (non-hydrogen) atoms. The van der Waals surface area contributed by atoms with Crippen LogP contribution in [0.15, 0.2) is 20.3 Å². The number of aliphatic hydroxyl groups excluding tert-OH is 1. The van der Waals surface area contributed by atoms with Crippen molar-refractivity contribution in [3.8, 4) is 0 Å². The monoisotopic (exact) mass is 591 g/mol. The summed E-state index contributed by atoms with van der Waals surface area (Å²) in [6.07, 6.45) is 17.0.